The van der Waals surface area contributed by atoms with Gasteiger partial charge >= 0.3 is 12.1 Å². The molecule has 9 rings (SSSR count). The zero-order chi connectivity index (χ0) is 69.9. The van der Waals surface area contributed by atoms with Gasteiger partial charge in [-0.1, -0.05) is 135 Å². The first-order valence-electron chi connectivity index (χ1n) is 33.1. The predicted octanol–water partition coefficient (Wildman–Crippen LogP) is 4.07. The van der Waals surface area contributed by atoms with Gasteiger partial charge in [0.25, 0.3) is 10.9 Å². The van der Waals surface area contributed by atoms with E-state index in [1.165, 1.54) is 0 Å². The van der Waals surface area contributed by atoms with Crippen LogP contribution < -0.4 is 64.0 Å². The number of hydrogen-bond acceptors (Lipinski definition) is 15. The minimum atomic E-state index is -5.08. The summed E-state index contributed by atoms with van der Waals surface area (Å²) in [6, 6.07) is 32.2. The number of amides is 8. The Bertz CT molecular complexity index is 3300. The number of benzene rings is 4. The molecule has 97 heavy (non-hydrogen) atoms. The third kappa shape index (κ3) is 18.5. The van der Waals surface area contributed by atoms with Crippen molar-refractivity contribution in [2.24, 2.45) is 11.8 Å². The van der Waals surface area contributed by atoms with E-state index in [1.807, 2.05) is 135 Å². The van der Waals surface area contributed by atoms with E-state index in [2.05, 4.69) is 53.2 Å². The summed E-state index contributed by atoms with van der Waals surface area (Å²) in [5, 5.41) is 37.2. The highest BCUT2D eigenvalue weighted by molar-refractivity contribution is 5.96. The van der Waals surface area contributed by atoms with E-state index >= 15 is 0 Å². The Morgan fingerprint density at radius 2 is 0.804 bits per heavy atom. The van der Waals surface area contributed by atoms with E-state index < -0.39 is 95.0 Å². The van der Waals surface area contributed by atoms with Crippen LogP contribution in [0, 0.1) is 11.8 Å². The maximum absolute atomic E-state index is 14.8. The number of nitrogens with one attached hydrogen (secondary N) is 10. The molecule has 0 saturated carbocycles. The number of nitrogens with zero attached hydrogens (tertiary/aromatic N) is 2. The summed E-state index contributed by atoms with van der Waals surface area (Å²) in [5.74, 6) is -6.76. The second kappa shape index (κ2) is 34.4. The molecule has 11 N–H and O–H groups in total. The zero-order valence-corrected chi connectivity index (χ0v) is 54.8. The summed E-state index contributed by atoms with van der Waals surface area (Å²) >= 11 is 0. The number of alkyl halides is 3. The van der Waals surface area contributed by atoms with Crippen molar-refractivity contribution in [2.75, 3.05) is 50.9 Å². The topological polar surface area (TPSA) is 335 Å². The lowest BCUT2D eigenvalue weighted by atomic mass is 9.92. The van der Waals surface area contributed by atoms with Crippen LogP contribution in [0.5, 0.6) is 0 Å². The van der Waals surface area contributed by atoms with Crippen molar-refractivity contribution in [3.8, 4) is 0 Å². The number of carbonyl (C=O) groups excluding carboxylic acids is 8. The maximum atomic E-state index is 14.8. The van der Waals surface area contributed by atoms with Gasteiger partial charge in [0.1, 0.15) is 35.5 Å². The van der Waals surface area contributed by atoms with Gasteiger partial charge in [-0.25, -0.2) is 4.79 Å². The highest BCUT2D eigenvalue weighted by Gasteiger charge is 2.50. The highest BCUT2D eigenvalue weighted by Crippen LogP contribution is 2.37. The molecule has 0 aromatic heterocycles. The molecule has 0 aliphatic carbocycles. The molecular weight excluding hydrogens is 1260 g/mol. The minimum absolute atomic E-state index is 0.0240. The molecule has 0 radical (unpaired) electrons. The molecule has 4 aliphatic rings. The van der Waals surface area contributed by atoms with Crippen LogP contribution in [0.1, 0.15) is 125 Å². The van der Waals surface area contributed by atoms with Gasteiger partial charge in [0.15, 0.2) is 0 Å². The summed E-state index contributed by atoms with van der Waals surface area (Å²) < 4.78 is 31.7. The number of anilines is 2. The Hall–Kier alpha value is -9.50. The Balaban J connectivity index is 0.00000163. The monoisotopic (exact) mass is 1340 g/mol. The van der Waals surface area contributed by atoms with Crippen LogP contribution in [-0.4, -0.2) is 163 Å². The fourth-order valence-corrected chi connectivity index (χ4v) is 13.5. The van der Waals surface area contributed by atoms with E-state index in [0.717, 1.165) is 22.3 Å². The highest BCUT2D eigenvalue weighted by atomic mass is 19.4. The predicted molar refractivity (Wildman–Crippen MR) is 356 cm³/mol. The lowest BCUT2D eigenvalue weighted by Crippen LogP contribution is -2.59. The molecule has 0 bridgehead atoms. The molecule has 4 saturated heterocycles. The van der Waals surface area contributed by atoms with Gasteiger partial charge in [0.05, 0.1) is 24.2 Å². The van der Waals surface area contributed by atoms with Crippen molar-refractivity contribution in [1.82, 2.24) is 52.3 Å². The smallest absolute Gasteiger partial charge is 0.475 e. The summed E-state index contributed by atoms with van der Waals surface area (Å²) in [6.45, 7) is 3.70. The Labute approximate surface area is 560 Å². The third-order valence-corrected chi connectivity index (χ3v) is 18.8. The molecule has 27 heteroatoms. The van der Waals surface area contributed by atoms with Gasteiger partial charge < -0.3 is 68.1 Å². The SMILES string of the molecule is CC[C@H](NC)C(=O)N[C@@H]1C(=O)N2[C@@H](CC[C@@H]1CNC(=O)CCNc1c(NCCC(=O)NC[C@H]3CC[C@H]4CC[C@@H](C(=O)NC(c5ccccc5)c5ccccc5)N4C(=O)[C@H]3NC(=O)[C@H](CC)NC)c(=O)c1=O)CC[C@H]2C(=O)NC(c1ccccc1)c1ccccc1.O=C(O)C(F)(F)F. The fraction of sp³-hybridized carbons (Fsp3) is 0.471. The number of carboxylic acid groups (broad SMARTS) is 1. The van der Waals surface area contributed by atoms with Crippen LogP contribution in [0.25, 0.3) is 0 Å². The van der Waals surface area contributed by atoms with Gasteiger partial charge in [-0.3, -0.25) is 47.9 Å². The zero-order valence-electron chi connectivity index (χ0n) is 54.8. The molecule has 0 unspecified atom stereocenters. The lowest BCUT2D eigenvalue weighted by molar-refractivity contribution is -0.192. The number of rotatable bonds is 28. The van der Waals surface area contributed by atoms with Crippen LogP contribution in [0.3, 0.4) is 0 Å². The van der Waals surface area contributed by atoms with Crippen molar-refractivity contribution < 1.29 is 61.4 Å². The second-order valence-electron chi connectivity index (χ2n) is 24.8. The average molecular weight is 1350 g/mol. The molecule has 4 aliphatic heterocycles. The summed E-state index contributed by atoms with van der Waals surface area (Å²) in [6.07, 6.45) is -0.309. The largest absolute Gasteiger partial charge is 0.490 e. The molecule has 8 amide bonds. The Morgan fingerprint density at radius 3 is 1.09 bits per heavy atom. The first-order valence-corrected chi connectivity index (χ1v) is 33.1. The summed E-state index contributed by atoms with van der Waals surface area (Å²) in [4.78, 5) is 151. The van der Waals surface area contributed by atoms with Crippen molar-refractivity contribution in [3.05, 3.63) is 164 Å². The van der Waals surface area contributed by atoms with Gasteiger partial charge in [-0.15, -0.1) is 0 Å². The van der Waals surface area contributed by atoms with Crippen molar-refractivity contribution in [2.45, 2.75) is 157 Å². The molecule has 0 spiro atoms. The molecule has 4 heterocycles. The number of carbonyl (C=O) groups is 9. The summed E-state index contributed by atoms with van der Waals surface area (Å²) in [7, 11) is 3.33. The fourth-order valence-electron chi connectivity index (χ4n) is 13.5. The number of hydrogen-bond donors (Lipinski definition) is 11. The van der Waals surface area contributed by atoms with Gasteiger partial charge in [-0.05, 0) is 101 Å². The van der Waals surface area contributed by atoms with Crippen molar-refractivity contribution in [1.29, 1.82) is 0 Å². The molecule has 5 aromatic rings. The van der Waals surface area contributed by atoms with E-state index in [-0.39, 0.29) is 97.9 Å². The molecule has 24 nitrogen and oxygen atoms in total. The number of halogens is 3. The van der Waals surface area contributed by atoms with Crippen LogP contribution in [-0.2, 0) is 43.2 Å². The number of carboxylic acids is 1. The van der Waals surface area contributed by atoms with Crippen molar-refractivity contribution in [3.63, 3.8) is 0 Å². The second-order valence-corrected chi connectivity index (χ2v) is 24.8. The molecule has 520 valence electrons. The number of likely N-dealkylation sites (N-methyl/N-ethyl adjacent to an activating group) is 2. The van der Waals surface area contributed by atoms with Gasteiger partial charge in [0, 0.05) is 62.9 Å². The average Bonchev–Trinajstić information content (AvgIpc) is 1.74. The summed E-state index contributed by atoms with van der Waals surface area (Å²) in [5.41, 5.74) is 1.93. The third-order valence-electron chi connectivity index (χ3n) is 18.8. The van der Waals surface area contributed by atoms with Gasteiger partial charge in [0.2, 0.25) is 47.3 Å². The number of fused-ring (bicyclic) bond motifs is 2. The molecular formula is C70H87F3N12O12. The minimum Gasteiger partial charge on any atom is -0.475 e. The van der Waals surface area contributed by atoms with E-state index in [4.69, 9.17) is 9.90 Å². The first kappa shape index (κ1) is 73.3. The molecule has 5 aromatic carbocycles. The van der Waals surface area contributed by atoms with E-state index in [9.17, 15) is 61.1 Å². The molecule has 10 atom stereocenters. The normalized spacial score (nSPS) is 21.3. The van der Waals surface area contributed by atoms with Crippen LogP contribution in [0.2, 0.25) is 0 Å². The standard InChI is InChI=1S/C68H86N12O10.C2HF3O2/c1-5-49(69-3)63(85)77-57-45(27-29-47-31-33-51(79(47)67(57)89)65(87)75-55(41-19-11-7-12-20-41)42-21-13-8-14-22-42)39-73-53(81)35-37-71-59-60(62(84)61(59)83)72-38-36-54(82)74-40-46-28-30-48-32-34-52(80(48)68(90)58(46)78-64(86)50(6-2)70-4)66(88)76-56(43-23-15-9-16-24-43)44-25-17-10-18-26-44;3-2(4,5)1(6)7/h7-26,45-52,55-58,69-72H,5-6,27-40H2,1-4H3,(H,73,81)(H,74,82)(H,75,87)(H,76,88)(H,77,85)(H,78,86);(H,6,7)/t45-,46-,47+,48+,49+,50+,51+,52+,57+,58+;/m1./s1. The van der Waals surface area contributed by atoms with Crippen molar-refractivity contribution >= 4 is 64.6 Å². The van der Waals surface area contributed by atoms with Crippen LogP contribution >= 0.6 is 0 Å². The number of aliphatic carboxylic acids is 1. The Morgan fingerprint density at radius 1 is 0.495 bits per heavy atom. The van der Waals surface area contributed by atoms with E-state index in [0.29, 0.717) is 64.2 Å². The molecule has 4 fully saturated rings. The lowest BCUT2D eigenvalue weighted by Gasteiger charge is -2.33. The maximum Gasteiger partial charge on any atom is 0.490 e. The quantitative estimate of drug-likeness (QED) is 0.0315. The van der Waals surface area contributed by atoms with Crippen LogP contribution in [0.4, 0.5) is 24.5 Å². The Kier molecular flexibility index (Phi) is 26.0. The van der Waals surface area contributed by atoms with Crippen LogP contribution in [0.15, 0.2) is 131 Å². The van der Waals surface area contributed by atoms with E-state index in [1.54, 1.807) is 23.9 Å². The first-order chi connectivity index (χ1) is 46.6. The van der Waals surface area contributed by atoms with Gasteiger partial charge in [-0.2, -0.15) is 13.2 Å².